The first kappa shape index (κ1) is 11.5. The fourth-order valence-corrected chi connectivity index (χ4v) is 2.07. The van der Waals surface area contributed by atoms with Crippen LogP contribution in [0.1, 0.15) is 18.9 Å². The SMILES string of the molecule is Nc1c(N=O)c(=O)[nH]c(=O)n1C1CCNCC1. The van der Waals surface area contributed by atoms with Gasteiger partial charge in [-0.15, -0.1) is 4.91 Å². The van der Waals surface area contributed by atoms with Crippen LogP contribution in [0.4, 0.5) is 11.5 Å². The minimum atomic E-state index is -0.840. The van der Waals surface area contributed by atoms with Crippen molar-refractivity contribution in [3.8, 4) is 0 Å². The lowest BCUT2D eigenvalue weighted by molar-refractivity contribution is 0.360. The zero-order valence-electron chi connectivity index (χ0n) is 9.10. The smallest absolute Gasteiger partial charge is 0.330 e. The highest BCUT2D eigenvalue weighted by Crippen LogP contribution is 2.23. The van der Waals surface area contributed by atoms with Gasteiger partial charge in [-0.05, 0) is 31.1 Å². The second kappa shape index (κ2) is 4.50. The molecule has 17 heavy (non-hydrogen) atoms. The van der Waals surface area contributed by atoms with Gasteiger partial charge in [-0.2, -0.15) is 0 Å². The number of hydrogen-bond donors (Lipinski definition) is 3. The topological polar surface area (TPSA) is 122 Å². The maximum atomic E-state index is 11.7. The van der Waals surface area contributed by atoms with Crippen LogP contribution in [0.3, 0.4) is 0 Å². The number of rotatable bonds is 2. The number of nitrogens with two attached hydrogens (primary N) is 1. The largest absolute Gasteiger partial charge is 0.383 e. The molecule has 2 rings (SSSR count). The summed E-state index contributed by atoms with van der Waals surface area (Å²) in [6, 6.07) is -0.110. The summed E-state index contributed by atoms with van der Waals surface area (Å²) in [7, 11) is 0. The fraction of sp³-hybridized carbons (Fsp3) is 0.556. The van der Waals surface area contributed by atoms with Crippen molar-refractivity contribution in [2.24, 2.45) is 5.18 Å². The molecule has 0 spiro atoms. The maximum Gasteiger partial charge on any atom is 0.330 e. The Morgan fingerprint density at radius 1 is 1.29 bits per heavy atom. The Morgan fingerprint density at radius 2 is 1.94 bits per heavy atom. The number of aromatic nitrogens is 2. The second-order valence-corrected chi connectivity index (χ2v) is 3.94. The Balaban J connectivity index is 2.56. The third kappa shape index (κ3) is 1.98. The summed E-state index contributed by atoms with van der Waals surface area (Å²) in [6.07, 6.45) is 1.43. The molecule has 1 fully saturated rings. The number of nitrogens with one attached hydrogen (secondary N) is 2. The molecule has 1 aromatic heterocycles. The summed E-state index contributed by atoms with van der Waals surface area (Å²) in [4.78, 5) is 35.5. The van der Waals surface area contributed by atoms with Crippen LogP contribution in [-0.2, 0) is 0 Å². The number of aromatic amines is 1. The van der Waals surface area contributed by atoms with E-state index in [0.29, 0.717) is 12.8 Å². The number of hydrogen-bond acceptors (Lipinski definition) is 6. The van der Waals surface area contributed by atoms with Crippen LogP contribution >= 0.6 is 0 Å². The van der Waals surface area contributed by atoms with E-state index in [0.717, 1.165) is 13.1 Å². The van der Waals surface area contributed by atoms with E-state index in [1.54, 1.807) is 0 Å². The van der Waals surface area contributed by atoms with Gasteiger partial charge in [0.2, 0.25) is 5.69 Å². The molecule has 1 aromatic rings. The fourth-order valence-electron chi connectivity index (χ4n) is 2.07. The van der Waals surface area contributed by atoms with Crippen molar-refractivity contribution in [1.82, 2.24) is 14.9 Å². The van der Waals surface area contributed by atoms with Crippen LogP contribution in [0.15, 0.2) is 14.8 Å². The van der Waals surface area contributed by atoms with Crippen LogP contribution in [-0.4, -0.2) is 22.6 Å². The van der Waals surface area contributed by atoms with Crippen molar-refractivity contribution in [1.29, 1.82) is 0 Å². The predicted molar refractivity (Wildman–Crippen MR) is 62.3 cm³/mol. The highest BCUT2D eigenvalue weighted by Gasteiger charge is 2.21. The Labute approximate surface area is 95.8 Å². The minimum absolute atomic E-state index is 0.110. The number of anilines is 1. The molecule has 0 amide bonds. The maximum absolute atomic E-state index is 11.7. The van der Waals surface area contributed by atoms with Crippen molar-refractivity contribution < 1.29 is 0 Å². The summed E-state index contributed by atoms with van der Waals surface area (Å²) in [5.41, 5.74) is 3.80. The van der Waals surface area contributed by atoms with Gasteiger partial charge in [-0.3, -0.25) is 14.3 Å². The standard InChI is InChI=1S/C9H13N5O3/c10-7-6(13-17)8(15)12-9(16)14(7)5-1-3-11-4-2-5/h5,11H,1-4,10H2,(H,12,15,16). The molecule has 1 aliphatic rings. The van der Waals surface area contributed by atoms with E-state index in [9.17, 15) is 14.5 Å². The van der Waals surface area contributed by atoms with E-state index in [4.69, 9.17) is 5.73 Å². The molecular weight excluding hydrogens is 226 g/mol. The highest BCUT2D eigenvalue weighted by molar-refractivity contribution is 5.55. The summed E-state index contributed by atoms with van der Waals surface area (Å²) >= 11 is 0. The van der Waals surface area contributed by atoms with E-state index >= 15 is 0 Å². The van der Waals surface area contributed by atoms with Crippen LogP contribution in [0, 0.1) is 4.91 Å². The van der Waals surface area contributed by atoms with Gasteiger partial charge in [0.05, 0.1) is 0 Å². The Bertz CT molecular complexity index is 541. The van der Waals surface area contributed by atoms with Gasteiger partial charge < -0.3 is 11.1 Å². The molecule has 8 heteroatoms. The third-order valence-electron chi connectivity index (χ3n) is 2.92. The summed E-state index contributed by atoms with van der Waals surface area (Å²) in [5.74, 6) is -0.152. The molecule has 0 unspecified atom stereocenters. The highest BCUT2D eigenvalue weighted by atomic mass is 16.3. The van der Waals surface area contributed by atoms with Crippen LogP contribution < -0.4 is 22.3 Å². The molecule has 0 aromatic carbocycles. The molecule has 4 N–H and O–H groups in total. The molecule has 0 radical (unpaired) electrons. The molecule has 92 valence electrons. The molecule has 1 aliphatic heterocycles. The lowest BCUT2D eigenvalue weighted by Crippen LogP contribution is -2.38. The Hall–Kier alpha value is -1.96. The van der Waals surface area contributed by atoms with Gasteiger partial charge in [0, 0.05) is 6.04 Å². The normalized spacial score (nSPS) is 16.9. The number of nitrogen functional groups attached to an aromatic ring is 1. The van der Waals surface area contributed by atoms with Crippen molar-refractivity contribution in [3.05, 3.63) is 25.7 Å². The molecule has 0 bridgehead atoms. The van der Waals surface area contributed by atoms with Crippen molar-refractivity contribution in [2.45, 2.75) is 18.9 Å². The van der Waals surface area contributed by atoms with Gasteiger partial charge in [0.15, 0.2) is 0 Å². The van der Waals surface area contributed by atoms with Crippen LogP contribution in [0.5, 0.6) is 0 Å². The summed E-state index contributed by atoms with van der Waals surface area (Å²) in [6.45, 7) is 1.53. The first-order valence-corrected chi connectivity index (χ1v) is 5.33. The number of nitrogens with zero attached hydrogens (tertiary/aromatic N) is 2. The van der Waals surface area contributed by atoms with E-state index < -0.39 is 16.9 Å². The van der Waals surface area contributed by atoms with E-state index in [-0.39, 0.29) is 11.9 Å². The average molecular weight is 239 g/mol. The van der Waals surface area contributed by atoms with Gasteiger partial charge >= 0.3 is 5.69 Å². The Morgan fingerprint density at radius 3 is 2.53 bits per heavy atom. The summed E-state index contributed by atoms with van der Waals surface area (Å²) < 4.78 is 1.25. The first-order valence-electron chi connectivity index (χ1n) is 5.33. The van der Waals surface area contributed by atoms with Crippen molar-refractivity contribution in [3.63, 3.8) is 0 Å². The van der Waals surface area contributed by atoms with Gasteiger partial charge in [-0.25, -0.2) is 4.79 Å². The zero-order valence-corrected chi connectivity index (χ0v) is 9.10. The van der Waals surface area contributed by atoms with E-state index in [1.807, 2.05) is 0 Å². The first-order chi connectivity index (χ1) is 8.15. The molecule has 1 saturated heterocycles. The molecule has 2 heterocycles. The molecule has 0 atom stereocenters. The van der Waals surface area contributed by atoms with Gasteiger partial charge in [0.25, 0.3) is 5.56 Å². The average Bonchev–Trinajstić information content (AvgIpc) is 2.30. The molecule has 0 aliphatic carbocycles. The minimum Gasteiger partial charge on any atom is -0.383 e. The monoisotopic (exact) mass is 239 g/mol. The van der Waals surface area contributed by atoms with E-state index in [1.165, 1.54) is 4.57 Å². The van der Waals surface area contributed by atoms with Crippen LogP contribution in [0.25, 0.3) is 0 Å². The quantitative estimate of drug-likeness (QED) is 0.597. The number of H-pyrrole nitrogens is 1. The lowest BCUT2D eigenvalue weighted by atomic mass is 10.1. The second-order valence-electron chi connectivity index (χ2n) is 3.94. The molecule has 0 saturated carbocycles. The van der Waals surface area contributed by atoms with Gasteiger partial charge in [0.1, 0.15) is 5.82 Å². The number of piperidine rings is 1. The predicted octanol–water partition coefficient (Wildman–Crippen LogP) is -0.559. The van der Waals surface area contributed by atoms with E-state index in [2.05, 4.69) is 15.5 Å². The number of nitroso groups, excluding NO2 is 1. The van der Waals surface area contributed by atoms with Crippen molar-refractivity contribution >= 4 is 11.5 Å². The lowest BCUT2D eigenvalue weighted by Gasteiger charge is -2.25. The summed E-state index contributed by atoms with van der Waals surface area (Å²) in [5, 5.41) is 5.72. The van der Waals surface area contributed by atoms with Crippen LogP contribution in [0.2, 0.25) is 0 Å². The molecule has 8 nitrogen and oxygen atoms in total. The Kier molecular flexibility index (Phi) is 3.05. The zero-order chi connectivity index (χ0) is 12.4. The van der Waals surface area contributed by atoms with Gasteiger partial charge in [-0.1, -0.05) is 0 Å². The molecular formula is C9H13N5O3. The van der Waals surface area contributed by atoms with Crippen molar-refractivity contribution in [2.75, 3.05) is 18.8 Å². The third-order valence-corrected chi connectivity index (χ3v) is 2.92.